The smallest absolute Gasteiger partial charge is 0.236 e. The molecule has 0 spiro atoms. The van der Waals surface area contributed by atoms with Crippen molar-refractivity contribution in [3.8, 4) is 0 Å². The van der Waals surface area contributed by atoms with Crippen LogP contribution < -0.4 is 5.32 Å². The fourth-order valence-electron chi connectivity index (χ4n) is 1.46. The van der Waals surface area contributed by atoms with E-state index >= 15 is 0 Å². The number of carbonyl (C=O) groups is 1. The second kappa shape index (κ2) is 6.80. The van der Waals surface area contributed by atoms with Gasteiger partial charge in [-0.05, 0) is 23.3 Å². The summed E-state index contributed by atoms with van der Waals surface area (Å²) in [5.41, 5.74) is 0.902. The van der Waals surface area contributed by atoms with Crippen LogP contribution >= 0.6 is 23.1 Å². The van der Waals surface area contributed by atoms with E-state index in [4.69, 9.17) is 0 Å². The summed E-state index contributed by atoms with van der Waals surface area (Å²) < 4.78 is 1.72. The topological polar surface area (TPSA) is 85.6 Å². The maximum Gasteiger partial charge on any atom is 0.236 e. The maximum atomic E-state index is 11.8. The van der Waals surface area contributed by atoms with Crippen LogP contribution in [-0.2, 0) is 11.3 Å². The fourth-order valence-corrected chi connectivity index (χ4v) is 2.85. The number of aromatic nitrogens is 5. The molecule has 0 aliphatic carbocycles. The van der Waals surface area contributed by atoms with E-state index in [9.17, 15) is 4.79 Å². The van der Waals surface area contributed by atoms with Gasteiger partial charge in [0, 0.05) is 11.9 Å². The Morgan fingerprint density at radius 1 is 1.55 bits per heavy atom. The summed E-state index contributed by atoms with van der Waals surface area (Å²) in [7, 11) is 0. The van der Waals surface area contributed by atoms with Crippen molar-refractivity contribution in [1.29, 1.82) is 0 Å². The molecule has 0 aliphatic rings. The van der Waals surface area contributed by atoms with Crippen LogP contribution in [0.1, 0.15) is 19.5 Å². The number of tetrazole rings is 1. The zero-order chi connectivity index (χ0) is 14.5. The molecule has 2 aromatic heterocycles. The number of amides is 1. The fraction of sp³-hybridized carbons (Fsp3) is 0.545. The first-order valence-corrected chi connectivity index (χ1v) is 8.02. The Morgan fingerprint density at radius 2 is 2.35 bits per heavy atom. The van der Waals surface area contributed by atoms with Gasteiger partial charge in [0.25, 0.3) is 0 Å². The highest BCUT2D eigenvalue weighted by Crippen LogP contribution is 2.17. The van der Waals surface area contributed by atoms with Crippen molar-refractivity contribution in [2.24, 2.45) is 5.92 Å². The largest absolute Gasteiger partial charge is 0.301 e. The summed E-state index contributed by atoms with van der Waals surface area (Å²) in [5.74, 6) is 0.602. The number of hydrogen-bond acceptors (Lipinski definition) is 7. The minimum Gasteiger partial charge on any atom is -0.301 e. The van der Waals surface area contributed by atoms with Crippen molar-refractivity contribution < 1.29 is 4.79 Å². The first kappa shape index (κ1) is 14.9. The number of aryl methyl sites for hydroxylation is 1. The van der Waals surface area contributed by atoms with Gasteiger partial charge >= 0.3 is 0 Å². The standard InChI is InChI=1S/C11H16N6OS2/c1-7(2)4-17-11(14-15-16-17)20-6-9(18)13-10-12-8(3)5-19-10/h5,7H,4,6H2,1-3H3,(H,12,13,18). The molecule has 2 rings (SSSR count). The van der Waals surface area contributed by atoms with E-state index in [-0.39, 0.29) is 11.7 Å². The van der Waals surface area contributed by atoms with E-state index < -0.39 is 0 Å². The molecule has 9 heteroatoms. The molecule has 0 saturated heterocycles. The number of thiazole rings is 1. The molecule has 0 aromatic carbocycles. The summed E-state index contributed by atoms with van der Waals surface area (Å²) in [6.45, 7) is 6.81. The molecule has 0 fully saturated rings. The third kappa shape index (κ3) is 4.27. The number of rotatable bonds is 6. The highest BCUT2D eigenvalue weighted by atomic mass is 32.2. The summed E-state index contributed by atoms with van der Waals surface area (Å²) in [6.07, 6.45) is 0. The zero-order valence-corrected chi connectivity index (χ0v) is 13.2. The molecule has 0 atom stereocenters. The van der Waals surface area contributed by atoms with E-state index in [1.807, 2.05) is 12.3 Å². The number of nitrogens with zero attached hydrogens (tertiary/aromatic N) is 5. The molecular weight excluding hydrogens is 296 g/mol. The predicted octanol–water partition coefficient (Wildman–Crippen LogP) is 1.82. The van der Waals surface area contributed by atoms with Crippen LogP contribution in [-0.4, -0.2) is 36.9 Å². The molecule has 0 unspecified atom stereocenters. The average molecular weight is 312 g/mol. The minimum atomic E-state index is -0.108. The van der Waals surface area contributed by atoms with Gasteiger partial charge in [0.05, 0.1) is 11.4 Å². The van der Waals surface area contributed by atoms with E-state index in [0.29, 0.717) is 16.2 Å². The van der Waals surface area contributed by atoms with Crippen LogP contribution in [0.3, 0.4) is 0 Å². The third-order valence-corrected chi connectivity index (χ3v) is 4.07. The SMILES string of the molecule is Cc1csc(NC(=O)CSc2nnnn2CC(C)C)n1. The number of nitrogens with one attached hydrogen (secondary N) is 1. The summed E-state index contributed by atoms with van der Waals surface area (Å²) in [5, 5.41) is 17.4. The molecule has 0 saturated carbocycles. The average Bonchev–Trinajstić information content (AvgIpc) is 2.96. The van der Waals surface area contributed by atoms with Gasteiger partial charge in [-0.15, -0.1) is 16.4 Å². The van der Waals surface area contributed by atoms with Crippen molar-refractivity contribution in [3.05, 3.63) is 11.1 Å². The lowest BCUT2D eigenvalue weighted by Gasteiger charge is -2.06. The van der Waals surface area contributed by atoms with Gasteiger partial charge in [0.2, 0.25) is 11.1 Å². The van der Waals surface area contributed by atoms with Crippen molar-refractivity contribution in [2.75, 3.05) is 11.1 Å². The monoisotopic (exact) mass is 312 g/mol. The maximum absolute atomic E-state index is 11.8. The zero-order valence-electron chi connectivity index (χ0n) is 11.5. The molecule has 108 valence electrons. The molecule has 1 N–H and O–H groups in total. The molecule has 2 heterocycles. The Bertz CT molecular complexity index is 579. The summed E-state index contributed by atoms with van der Waals surface area (Å²) in [4.78, 5) is 16.0. The number of thioether (sulfide) groups is 1. The van der Waals surface area contributed by atoms with Crippen molar-refractivity contribution in [3.63, 3.8) is 0 Å². The van der Waals surface area contributed by atoms with Crippen LogP contribution in [0, 0.1) is 12.8 Å². The Balaban J connectivity index is 1.85. The van der Waals surface area contributed by atoms with Crippen molar-refractivity contribution in [1.82, 2.24) is 25.2 Å². The second-order valence-corrected chi connectivity index (χ2v) is 6.47. The van der Waals surface area contributed by atoms with E-state index in [2.05, 4.69) is 39.7 Å². The van der Waals surface area contributed by atoms with E-state index in [1.54, 1.807) is 4.68 Å². The lowest BCUT2D eigenvalue weighted by molar-refractivity contribution is -0.113. The van der Waals surface area contributed by atoms with Gasteiger partial charge < -0.3 is 5.32 Å². The van der Waals surface area contributed by atoms with Crippen LogP contribution in [0.5, 0.6) is 0 Å². The van der Waals surface area contributed by atoms with Gasteiger partial charge in [-0.2, -0.15) is 0 Å². The quantitative estimate of drug-likeness (QED) is 0.819. The lowest BCUT2D eigenvalue weighted by Crippen LogP contribution is -2.15. The molecule has 0 bridgehead atoms. The van der Waals surface area contributed by atoms with E-state index in [1.165, 1.54) is 23.1 Å². The third-order valence-electron chi connectivity index (χ3n) is 2.23. The number of carbonyl (C=O) groups excluding carboxylic acids is 1. The first-order valence-electron chi connectivity index (χ1n) is 6.15. The van der Waals surface area contributed by atoms with Gasteiger partial charge in [0.15, 0.2) is 5.13 Å². The second-order valence-electron chi connectivity index (χ2n) is 4.67. The van der Waals surface area contributed by atoms with Gasteiger partial charge in [-0.25, -0.2) is 9.67 Å². The Morgan fingerprint density at radius 3 is 3.00 bits per heavy atom. The Hall–Kier alpha value is -1.48. The van der Waals surface area contributed by atoms with Crippen molar-refractivity contribution in [2.45, 2.75) is 32.5 Å². The first-order chi connectivity index (χ1) is 9.54. The molecule has 0 radical (unpaired) electrons. The molecule has 7 nitrogen and oxygen atoms in total. The van der Waals surface area contributed by atoms with Crippen LogP contribution in [0.2, 0.25) is 0 Å². The van der Waals surface area contributed by atoms with Crippen LogP contribution in [0.25, 0.3) is 0 Å². The van der Waals surface area contributed by atoms with Crippen molar-refractivity contribution >= 4 is 34.1 Å². The highest BCUT2D eigenvalue weighted by molar-refractivity contribution is 7.99. The van der Waals surface area contributed by atoms with Gasteiger partial charge in [-0.1, -0.05) is 25.6 Å². The Labute approximate surface area is 125 Å². The van der Waals surface area contributed by atoms with Gasteiger partial charge in [0.1, 0.15) is 0 Å². The summed E-state index contributed by atoms with van der Waals surface area (Å²) >= 11 is 2.74. The molecule has 1 amide bonds. The lowest BCUT2D eigenvalue weighted by atomic mass is 10.2. The minimum absolute atomic E-state index is 0.108. The highest BCUT2D eigenvalue weighted by Gasteiger charge is 2.12. The van der Waals surface area contributed by atoms with E-state index in [0.717, 1.165) is 12.2 Å². The number of anilines is 1. The Kier molecular flexibility index (Phi) is 5.07. The molecular formula is C11H16N6OS2. The van der Waals surface area contributed by atoms with Crippen LogP contribution in [0.4, 0.5) is 5.13 Å². The number of hydrogen-bond donors (Lipinski definition) is 1. The molecule has 20 heavy (non-hydrogen) atoms. The van der Waals surface area contributed by atoms with Gasteiger partial charge in [-0.3, -0.25) is 4.79 Å². The predicted molar refractivity (Wildman–Crippen MR) is 78.9 cm³/mol. The summed E-state index contributed by atoms with van der Waals surface area (Å²) in [6, 6.07) is 0. The van der Waals surface area contributed by atoms with Crippen LogP contribution in [0.15, 0.2) is 10.5 Å². The molecule has 0 aliphatic heterocycles. The normalized spacial score (nSPS) is 11.0. The molecule has 2 aromatic rings.